The van der Waals surface area contributed by atoms with Crippen molar-refractivity contribution in [3.05, 3.63) is 29.3 Å². The molecule has 2 aliphatic rings. The van der Waals surface area contributed by atoms with Crippen molar-refractivity contribution in [2.24, 2.45) is 11.7 Å². The van der Waals surface area contributed by atoms with Crippen LogP contribution in [0.1, 0.15) is 36.8 Å². The maximum absolute atomic E-state index is 12.9. The van der Waals surface area contributed by atoms with E-state index in [9.17, 15) is 9.59 Å². The average Bonchev–Trinajstić information content (AvgIpc) is 3.05. The molecule has 0 aromatic heterocycles. The fourth-order valence-corrected chi connectivity index (χ4v) is 3.86. The summed E-state index contributed by atoms with van der Waals surface area (Å²) in [6.45, 7) is 7.36. The number of aryl methyl sites for hydroxylation is 2. The Morgan fingerprint density at radius 2 is 1.89 bits per heavy atom. The predicted octanol–water partition coefficient (Wildman–Crippen LogP) is 2.01. The van der Waals surface area contributed by atoms with Gasteiger partial charge in [0.2, 0.25) is 11.8 Å². The Morgan fingerprint density at radius 3 is 2.56 bits per heavy atom. The first-order valence-corrected chi connectivity index (χ1v) is 10.0. The number of ether oxygens (including phenoxy) is 1. The molecule has 1 aromatic rings. The number of likely N-dealkylation sites (tertiary alicyclic amines) is 1. The molecular formula is C21H31N3O3. The Bertz CT molecular complexity index is 683. The fraction of sp³-hybridized carbons (Fsp3) is 0.619. The van der Waals surface area contributed by atoms with E-state index >= 15 is 0 Å². The lowest BCUT2D eigenvalue weighted by Gasteiger charge is -2.33. The lowest BCUT2D eigenvalue weighted by atomic mass is 10.0. The van der Waals surface area contributed by atoms with Gasteiger partial charge in [-0.25, -0.2) is 0 Å². The van der Waals surface area contributed by atoms with Gasteiger partial charge in [0.15, 0.2) is 0 Å². The number of carbonyl (C=O) groups is 2. The maximum atomic E-state index is 12.9. The third-order valence-electron chi connectivity index (χ3n) is 5.76. The van der Waals surface area contributed by atoms with Gasteiger partial charge in [0.1, 0.15) is 5.92 Å². The van der Waals surface area contributed by atoms with Crippen molar-refractivity contribution >= 4 is 17.5 Å². The van der Waals surface area contributed by atoms with Crippen LogP contribution in [0.3, 0.4) is 0 Å². The molecule has 6 heteroatoms. The van der Waals surface area contributed by atoms with Gasteiger partial charge < -0.3 is 20.3 Å². The zero-order valence-corrected chi connectivity index (χ0v) is 16.4. The van der Waals surface area contributed by atoms with Gasteiger partial charge in [0.05, 0.1) is 6.10 Å². The van der Waals surface area contributed by atoms with E-state index in [-0.39, 0.29) is 17.9 Å². The number of hydrogen-bond acceptors (Lipinski definition) is 4. The summed E-state index contributed by atoms with van der Waals surface area (Å²) in [5.74, 6) is -0.627. The van der Waals surface area contributed by atoms with E-state index in [0.717, 1.165) is 30.5 Å². The highest BCUT2D eigenvalue weighted by atomic mass is 16.5. The lowest BCUT2D eigenvalue weighted by molar-refractivity contribution is -0.141. The fourth-order valence-electron chi connectivity index (χ4n) is 3.86. The summed E-state index contributed by atoms with van der Waals surface area (Å²) in [6.07, 6.45) is 3.32. The van der Waals surface area contributed by atoms with Crippen LogP contribution in [0.5, 0.6) is 0 Å². The maximum Gasteiger partial charge on any atom is 0.239 e. The van der Waals surface area contributed by atoms with E-state index in [1.807, 2.05) is 30.0 Å². The molecule has 148 valence electrons. The van der Waals surface area contributed by atoms with Gasteiger partial charge in [0, 0.05) is 31.9 Å². The quantitative estimate of drug-likeness (QED) is 0.611. The molecule has 2 N–H and O–H groups in total. The second kappa shape index (κ2) is 8.85. The minimum Gasteiger partial charge on any atom is -0.378 e. The highest BCUT2D eigenvalue weighted by Crippen LogP contribution is 2.29. The van der Waals surface area contributed by atoms with Crippen LogP contribution in [-0.4, -0.2) is 55.6 Å². The zero-order chi connectivity index (χ0) is 19.4. The number of piperidine rings is 1. The molecule has 2 fully saturated rings. The molecule has 0 aliphatic carbocycles. The van der Waals surface area contributed by atoms with Gasteiger partial charge in [-0.3, -0.25) is 9.59 Å². The second-order valence-electron chi connectivity index (χ2n) is 7.64. The largest absolute Gasteiger partial charge is 0.378 e. The highest BCUT2D eigenvalue weighted by Gasteiger charge is 2.40. The van der Waals surface area contributed by atoms with Crippen LogP contribution in [0, 0.1) is 19.8 Å². The van der Waals surface area contributed by atoms with Crippen molar-refractivity contribution in [1.82, 2.24) is 4.90 Å². The Morgan fingerprint density at radius 1 is 1.15 bits per heavy atom. The van der Waals surface area contributed by atoms with Crippen LogP contribution in [0.15, 0.2) is 18.2 Å². The molecule has 0 radical (unpaired) electrons. The van der Waals surface area contributed by atoms with Crippen LogP contribution >= 0.6 is 0 Å². The Kier molecular flexibility index (Phi) is 6.50. The van der Waals surface area contributed by atoms with Crippen molar-refractivity contribution < 1.29 is 14.3 Å². The molecule has 1 unspecified atom stereocenters. The Balaban J connectivity index is 1.55. The summed E-state index contributed by atoms with van der Waals surface area (Å²) >= 11 is 0. The minimum atomic E-state index is -0.540. The van der Waals surface area contributed by atoms with Crippen LogP contribution in [0.25, 0.3) is 0 Å². The van der Waals surface area contributed by atoms with Gasteiger partial charge in [-0.2, -0.15) is 0 Å². The highest BCUT2D eigenvalue weighted by molar-refractivity contribution is 6.09. The summed E-state index contributed by atoms with van der Waals surface area (Å²) in [7, 11) is 0. The van der Waals surface area contributed by atoms with E-state index in [1.165, 1.54) is 5.56 Å². The van der Waals surface area contributed by atoms with Gasteiger partial charge in [-0.1, -0.05) is 6.07 Å². The molecule has 2 amide bonds. The Labute approximate surface area is 161 Å². The number of amides is 2. The Hall–Kier alpha value is -1.92. The van der Waals surface area contributed by atoms with E-state index in [4.69, 9.17) is 10.5 Å². The third-order valence-corrected chi connectivity index (χ3v) is 5.76. The van der Waals surface area contributed by atoms with Gasteiger partial charge in [-0.15, -0.1) is 0 Å². The van der Waals surface area contributed by atoms with E-state index < -0.39 is 5.92 Å². The number of carbonyl (C=O) groups excluding carboxylic acids is 2. The molecule has 2 saturated heterocycles. The van der Waals surface area contributed by atoms with Crippen molar-refractivity contribution in [2.75, 3.05) is 37.7 Å². The summed E-state index contributed by atoms with van der Waals surface area (Å²) < 4.78 is 5.80. The summed E-state index contributed by atoms with van der Waals surface area (Å²) in [5, 5.41) is 0. The molecule has 1 atom stereocenters. The van der Waals surface area contributed by atoms with Crippen LogP contribution in [0.4, 0.5) is 5.69 Å². The topological polar surface area (TPSA) is 75.9 Å². The number of nitrogens with zero attached hydrogens (tertiary/aromatic N) is 2. The predicted molar refractivity (Wildman–Crippen MR) is 106 cm³/mol. The van der Waals surface area contributed by atoms with E-state index in [2.05, 4.69) is 6.92 Å². The van der Waals surface area contributed by atoms with Crippen molar-refractivity contribution in [3.63, 3.8) is 0 Å². The van der Waals surface area contributed by atoms with Crippen molar-refractivity contribution in [3.8, 4) is 0 Å². The molecule has 1 aromatic carbocycles. The molecule has 3 rings (SSSR count). The normalized spacial score (nSPS) is 21.1. The van der Waals surface area contributed by atoms with Crippen LogP contribution in [0.2, 0.25) is 0 Å². The van der Waals surface area contributed by atoms with Gasteiger partial charge >= 0.3 is 0 Å². The smallest absolute Gasteiger partial charge is 0.239 e. The first kappa shape index (κ1) is 19.8. The van der Waals surface area contributed by atoms with Gasteiger partial charge in [0.25, 0.3) is 0 Å². The molecule has 0 saturated carbocycles. The standard InChI is InChI=1S/C21H31N3O3/c1-15-4-5-17(14-16(15)2)24-12-8-19(21(24)26)20(25)23-10-6-18(7-11-23)27-13-3-9-22/h4-5,14,18-19H,3,6-13,22H2,1-2H3. The molecular weight excluding hydrogens is 342 g/mol. The number of hydrogen-bond donors (Lipinski definition) is 1. The number of rotatable bonds is 6. The van der Waals surface area contributed by atoms with Crippen LogP contribution in [-0.2, 0) is 14.3 Å². The lowest BCUT2D eigenvalue weighted by Crippen LogP contribution is -2.45. The third kappa shape index (κ3) is 4.50. The van der Waals surface area contributed by atoms with E-state index in [0.29, 0.717) is 39.2 Å². The molecule has 6 nitrogen and oxygen atoms in total. The number of benzene rings is 1. The summed E-state index contributed by atoms with van der Waals surface area (Å²) in [6, 6.07) is 6.03. The summed E-state index contributed by atoms with van der Waals surface area (Å²) in [5.41, 5.74) is 8.75. The number of nitrogens with two attached hydrogens (primary N) is 1. The average molecular weight is 373 g/mol. The minimum absolute atomic E-state index is 0.0215. The SMILES string of the molecule is Cc1ccc(N2CCC(C(=O)N3CCC(OCCCN)CC3)C2=O)cc1C. The number of anilines is 1. The molecule has 0 spiro atoms. The molecule has 27 heavy (non-hydrogen) atoms. The first-order chi connectivity index (χ1) is 13.0. The van der Waals surface area contributed by atoms with Gasteiger partial charge in [-0.05, 0) is 69.3 Å². The summed E-state index contributed by atoms with van der Waals surface area (Å²) in [4.78, 5) is 29.4. The van der Waals surface area contributed by atoms with Crippen molar-refractivity contribution in [1.29, 1.82) is 0 Å². The van der Waals surface area contributed by atoms with E-state index in [1.54, 1.807) is 4.90 Å². The zero-order valence-electron chi connectivity index (χ0n) is 16.4. The van der Waals surface area contributed by atoms with Crippen molar-refractivity contribution in [2.45, 2.75) is 45.6 Å². The first-order valence-electron chi connectivity index (χ1n) is 10.0. The van der Waals surface area contributed by atoms with Crippen LogP contribution < -0.4 is 10.6 Å². The molecule has 2 aliphatic heterocycles. The molecule has 2 heterocycles. The second-order valence-corrected chi connectivity index (χ2v) is 7.64. The molecule has 0 bridgehead atoms. The monoisotopic (exact) mass is 373 g/mol.